The molecular weight excluding hydrogens is 580 g/mol. The number of hydrogen-bond acceptors (Lipinski definition) is 12. The Balaban J connectivity index is 0. The first-order chi connectivity index (χ1) is 13.4. The normalized spacial score (nSPS) is 11.3. The molecule has 0 aromatic carbocycles. The molecule has 2 heterocycles. The predicted molar refractivity (Wildman–Crippen MR) is 65.0 cm³/mol. The van der Waals surface area contributed by atoms with E-state index >= 15 is 0 Å². The maximum Gasteiger partial charge on any atom is 0.0267 e. The summed E-state index contributed by atoms with van der Waals surface area (Å²) in [6.45, 7) is 0. The first-order valence-corrected chi connectivity index (χ1v) is 15.0. The van der Waals surface area contributed by atoms with E-state index in [1.165, 1.54) is 0 Å². The van der Waals surface area contributed by atoms with Crippen LogP contribution in [0.2, 0.25) is 0 Å². The minimum absolute atomic E-state index is 1.75. The van der Waals surface area contributed by atoms with Crippen molar-refractivity contribution in [3.8, 4) is 0 Å². The van der Waals surface area contributed by atoms with Crippen molar-refractivity contribution < 1.29 is 107 Å². The Morgan fingerprint density at radius 1 is 0.433 bits per heavy atom. The second-order valence-corrected chi connectivity index (χ2v) is 11.4. The summed E-state index contributed by atoms with van der Waals surface area (Å²) in [4.78, 5) is 7.57. The number of rotatable bonds is 4. The van der Waals surface area contributed by atoms with Crippen LogP contribution in [0.4, 0.5) is 0 Å². The summed E-state index contributed by atoms with van der Waals surface area (Å²) in [7, 11) is 0. The van der Waals surface area contributed by atoms with Crippen LogP contribution >= 0.6 is 0 Å². The van der Waals surface area contributed by atoms with E-state index in [-0.39, 0.29) is 0 Å². The van der Waals surface area contributed by atoms with Gasteiger partial charge in [0.05, 0.1) is 0 Å². The molecule has 0 unspecified atom stereocenters. The summed E-state index contributed by atoms with van der Waals surface area (Å²) in [5.74, 6) is 0. The quantitative estimate of drug-likeness (QED) is 0.325. The first-order valence-electron chi connectivity index (χ1n) is 6.43. The molecule has 0 aliphatic carbocycles. The molecule has 4 N–H and O–H groups in total. The van der Waals surface area contributed by atoms with E-state index in [0.29, 0.717) is 0 Å². The molecular formula is C10H14Cr4N2O14. The average Bonchev–Trinajstić information content (AvgIpc) is 2.53. The molecule has 0 radical (unpaired) electrons. The molecule has 30 heavy (non-hydrogen) atoms. The maximum atomic E-state index is 9.53. The van der Waals surface area contributed by atoms with Gasteiger partial charge in [0.15, 0.2) is 0 Å². The second kappa shape index (κ2) is 14.6. The zero-order valence-corrected chi connectivity index (χ0v) is 19.3. The van der Waals surface area contributed by atoms with Crippen LogP contribution in [0.25, 0.3) is 0 Å². The molecule has 2 rings (SSSR count). The number of pyridine rings is 2. The van der Waals surface area contributed by atoms with Crippen molar-refractivity contribution in [1.82, 2.24) is 9.97 Å². The predicted octanol–water partition coefficient (Wildman–Crippen LogP) is -1.16. The SMILES string of the molecule is [O]=[Cr](=[O])([OH])[O][Cr](=[O])(=[O])[OH].[O]=[Cr](=[O])([OH])[O][Cr](=[O])(=[O])[OH].c1ccncc1.c1ccncc1. The fourth-order valence-corrected chi connectivity index (χ4v) is 4.32. The van der Waals surface area contributed by atoms with Gasteiger partial charge < -0.3 is 0 Å². The summed E-state index contributed by atoms with van der Waals surface area (Å²) in [5, 5.41) is 0. The van der Waals surface area contributed by atoms with Gasteiger partial charge in [-0.3, -0.25) is 9.97 Å². The summed E-state index contributed by atoms with van der Waals surface area (Å²) in [5.41, 5.74) is 0. The maximum absolute atomic E-state index is 9.53. The molecule has 20 heteroatoms. The number of nitrogens with zero attached hydrogens (tertiary/aromatic N) is 2. The fourth-order valence-electron chi connectivity index (χ4n) is 0.843. The molecule has 0 atom stereocenters. The molecule has 0 aliphatic heterocycles. The van der Waals surface area contributed by atoms with Crippen molar-refractivity contribution >= 4 is 0 Å². The zero-order valence-electron chi connectivity index (χ0n) is 14.2. The van der Waals surface area contributed by atoms with E-state index in [2.05, 4.69) is 15.6 Å². The molecule has 0 bridgehead atoms. The van der Waals surface area contributed by atoms with Gasteiger partial charge in [-0.1, -0.05) is 12.1 Å². The van der Waals surface area contributed by atoms with Crippen LogP contribution in [0.5, 0.6) is 0 Å². The summed E-state index contributed by atoms with van der Waals surface area (Å²) in [6, 6.07) is 11.4. The van der Waals surface area contributed by atoms with Gasteiger partial charge in [-0.25, -0.2) is 0 Å². The van der Waals surface area contributed by atoms with E-state index in [9.17, 15) is 30.4 Å². The monoisotopic (exact) mass is 594 g/mol. The van der Waals surface area contributed by atoms with E-state index in [4.69, 9.17) is 16.6 Å². The van der Waals surface area contributed by atoms with Crippen LogP contribution in [-0.2, 0) is 90.6 Å². The molecule has 16 nitrogen and oxygen atoms in total. The molecule has 0 aliphatic rings. The molecule has 172 valence electrons. The molecule has 0 spiro atoms. The molecule has 0 amide bonds. The van der Waals surface area contributed by atoms with Crippen LogP contribution in [0.15, 0.2) is 61.2 Å². The molecule has 0 saturated carbocycles. The van der Waals surface area contributed by atoms with Crippen LogP contribution in [-0.4, -0.2) is 26.6 Å². The number of aromatic nitrogens is 2. The van der Waals surface area contributed by atoms with Crippen molar-refractivity contribution in [2.24, 2.45) is 0 Å². The van der Waals surface area contributed by atoms with Gasteiger partial charge in [-0.15, -0.1) is 0 Å². The van der Waals surface area contributed by atoms with Crippen LogP contribution < -0.4 is 0 Å². The zero-order chi connectivity index (χ0) is 23.9. The van der Waals surface area contributed by atoms with Gasteiger partial charge in [0.1, 0.15) is 0 Å². The summed E-state index contributed by atoms with van der Waals surface area (Å²) < 4.78 is 113. The van der Waals surface area contributed by atoms with Crippen LogP contribution in [0.3, 0.4) is 0 Å². The Kier molecular flexibility index (Phi) is 14.9. The van der Waals surface area contributed by atoms with Crippen molar-refractivity contribution in [2.75, 3.05) is 0 Å². The molecule has 2 aromatic heterocycles. The van der Waals surface area contributed by atoms with Crippen molar-refractivity contribution in [3.05, 3.63) is 61.2 Å². The van der Waals surface area contributed by atoms with Crippen molar-refractivity contribution in [3.63, 3.8) is 0 Å². The summed E-state index contributed by atoms with van der Waals surface area (Å²) >= 11 is -23.0. The van der Waals surface area contributed by atoms with Gasteiger partial charge in [0, 0.05) is 24.8 Å². The van der Waals surface area contributed by atoms with Crippen LogP contribution in [0, 0.1) is 0 Å². The van der Waals surface area contributed by atoms with Gasteiger partial charge >= 0.3 is 107 Å². The average molecular weight is 594 g/mol. The summed E-state index contributed by atoms with van der Waals surface area (Å²) in [6.07, 6.45) is 7.00. The van der Waals surface area contributed by atoms with Gasteiger partial charge in [-0.2, -0.15) is 0 Å². The number of hydrogen-bond donors (Lipinski definition) is 4. The smallest absolute Gasteiger partial charge is 0.0267 e. The largest absolute Gasteiger partial charge is 0.265 e. The van der Waals surface area contributed by atoms with Crippen molar-refractivity contribution in [2.45, 2.75) is 0 Å². The Hall–Kier alpha value is -1.41. The van der Waals surface area contributed by atoms with E-state index < -0.39 is 54.5 Å². The minimum atomic E-state index is -5.76. The standard InChI is InChI=1S/2C5H5N.4Cr.4H2O.10O/c2*1-2-4-6-5-3-1;;;;;;;;;;;;;;;;;;/h2*1-5H;;;;;4*1H2;;;;;;;;;;/q;;4*+1;;;;;;;;;;;;;;/p-4. The minimum Gasteiger partial charge on any atom is -0.265 e. The molecule has 0 saturated heterocycles. The molecule has 2 aromatic rings. The second-order valence-electron chi connectivity index (χ2n) is 3.90. The topological polar surface area (TPSA) is 262 Å². The van der Waals surface area contributed by atoms with Gasteiger partial charge in [-0.05, 0) is 24.3 Å². The van der Waals surface area contributed by atoms with Crippen molar-refractivity contribution in [1.29, 1.82) is 0 Å². The molecule has 0 fully saturated rings. The Morgan fingerprint density at radius 2 is 0.633 bits per heavy atom. The van der Waals surface area contributed by atoms with Gasteiger partial charge in [0.2, 0.25) is 0 Å². The first kappa shape index (κ1) is 30.8. The Labute approximate surface area is 177 Å². The third-order valence-corrected chi connectivity index (χ3v) is 6.98. The Bertz CT molecular complexity index is 911. The third kappa shape index (κ3) is 34.1. The van der Waals surface area contributed by atoms with Crippen LogP contribution in [0.1, 0.15) is 0 Å². The van der Waals surface area contributed by atoms with E-state index in [1.807, 2.05) is 36.4 Å². The van der Waals surface area contributed by atoms with E-state index in [1.54, 1.807) is 24.8 Å². The Morgan fingerprint density at radius 3 is 0.667 bits per heavy atom. The van der Waals surface area contributed by atoms with Gasteiger partial charge in [0.25, 0.3) is 0 Å². The van der Waals surface area contributed by atoms with E-state index in [0.717, 1.165) is 0 Å². The third-order valence-electron chi connectivity index (χ3n) is 1.48. The fraction of sp³-hybridized carbons (Fsp3) is 0.